The quantitative estimate of drug-likeness (QED) is 0.0486. The standard InChI is InChI=1S/C55H96O21.C7H10N2O2/c1-49-7-5-8-50(2)54(49)75-47-53(48-76-55-51(3)9-6-10-52(55)4)74-46-45-73-44-43-72-42-41-71-40-39-70-38-37-69-36-35-68-34-33-67-32-31-66-30-29-65-28-27-64-26-25-63-24-23-62-22-21-61-20-19-60-18-17-59-16-15-58-14-13-57-12-11-56;1-3-6(10)8-5-9-7(11)4-2/h5-10,53,56H,11-48H2,1-4H3;3-4H,1-2,5H2,(H,8,10)(H,9,11). The topological polar surface area (TPSA) is 263 Å². The van der Waals surface area contributed by atoms with Crippen LogP contribution in [0.4, 0.5) is 0 Å². The molecule has 25 heteroatoms. The zero-order valence-corrected chi connectivity index (χ0v) is 52.6. The maximum Gasteiger partial charge on any atom is 0.244 e. The Morgan fingerprint density at radius 3 is 0.747 bits per heavy atom. The molecule has 0 saturated heterocycles. The van der Waals surface area contributed by atoms with Crippen molar-refractivity contribution >= 4 is 11.8 Å². The Kier molecular flexibility index (Phi) is 58.7. The normalized spacial score (nSPS) is 11.2. The highest BCUT2D eigenvalue weighted by molar-refractivity contribution is 5.89. The minimum atomic E-state index is -0.325. The van der Waals surface area contributed by atoms with Gasteiger partial charge >= 0.3 is 0 Å². The third-order valence-electron chi connectivity index (χ3n) is 11.3. The van der Waals surface area contributed by atoms with Crippen LogP contribution in [-0.2, 0) is 94.9 Å². The summed E-state index contributed by atoms with van der Waals surface area (Å²) < 4.78 is 112. The summed E-state index contributed by atoms with van der Waals surface area (Å²) >= 11 is 0. The molecule has 0 aliphatic carbocycles. The number of hydrogen-bond acceptors (Lipinski definition) is 23. The van der Waals surface area contributed by atoms with Gasteiger partial charge in [0.1, 0.15) is 30.8 Å². The lowest BCUT2D eigenvalue weighted by Gasteiger charge is -2.22. The fourth-order valence-electron chi connectivity index (χ4n) is 6.87. The number of rotatable bonds is 64. The summed E-state index contributed by atoms with van der Waals surface area (Å²) in [5.74, 6) is 1.11. The van der Waals surface area contributed by atoms with Gasteiger partial charge in [-0.15, -0.1) is 0 Å². The van der Waals surface area contributed by atoms with E-state index in [1.54, 1.807) is 0 Å². The Hall–Kier alpha value is -4.30. The third kappa shape index (κ3) is 53.3. The number of nitrogens with one attached hydrogen (secondary N) is 2. The molecule has 87 heavy (non-hydrogen) atoms. The second-order valence-electron chi connectivity index (χ2n) is 18.4. The molecular formula is C62H106N2O23. The molecule has 0 atom stereocenters. The van der Waals surface area contributed by atoms with Crippen LogP contribution in [0.1, 0.15) is 22.3 Å². The number of para-hydroxylation sites is 2. The van der Waals surface area contributed by atoms with E-state index >= 15 is 0 Å². The van der Waals surface area contributed by atoms with Crippen molar-refractivity contribution in [2.45, 2.75) is 33.8 Å². The molecule has 2 amide bonds. The Morgan fingerprint density at radius 2 is 0.552 bits per heavy atom. The minimum Gasteiger partial charge on any atom is -0.490 e. The van der Waals surface area contributed by atoms with Gasteiger partial charge in [-0.2, -0.15) is 0 Å². The monoisotopic (exact) mass is 1250 g/mol. The molecule has 0 fully saturated rings. The predicted octanol–water partition coefficient (Wildman–Crippen LogP) is 3.59. The van der Waals surface area contributed by atoms with Crippen molar-refractivity contribution < 1.29 is 109 Å². The molecule has 502 valence electrons. The van der Waals surface area contributed by atoms with E-state index in [0.717, 1.165) is 45.9 Å². The highest BCUT2D eigenvalue weighted by Crippen LogP contribution is 2.24. The number of benzene rings is 2. The smallest absolute Gasteiger partial charge is 0.244 e. The van der Waals surface area contributed by atoms with Crippen LogP contribution >= 0.6 is 0 Å². The summed E-state index contributed by atoms with van der Waals surface area (Å²) in [7, 11) is 0. The van der Waals surface area contributed by atoms with E-state index in [9.17, 15) is 9.59 Å². The van der Waals surface area contributed by atoms with Crippen LogP contribution in [0.3, 0.4) is 0 Å². The predicted molar refractivity (Wildman–Crippen MR) is 325 cm³/mol. The van der Waals surface area contributed by atoms with Gasteiger partial charge in [-0.05, 0) is 62.1 Å². The Morgan fingerprint density at radius 1 is 0.356 bits per heavy atom. The first-order valence-electron chi connectivity index (χ1n) is 30.0. The first-order valence-corrected chi connectivity index (χ1v) is 30.0. The van der Waals surface area contributed by atoms with Gasteiger partial charge in [-0.1, -0.05) is 49.6 Å². The van der Waals surface area contributed by atoms with Gasteiger partial charge < -0.3 is 110 Å². The van der Waals surface area contributed by atoms with Crippen molar-refractivity contribution in [2.24, 2.45) is 0 Å². The van der Waals surface area contributed by atoms with E-state index < -0.39 is 0 Å². The van der Waals surface area contributed by atoms with Gasteiger partial charge in [0.15, 0.2) is 0 Å². The Bertz CT molecular complexity index is 1770. The van der Waals surface area contributed by atoms with Gasteiger partial charge in [0.25, 0.3) is 0 Å². The molecular weight excluding hydrogens is 1140 g/mol. The average Bonchev–Trinajstić information content (AvgIpc) is 3.71. The number of carbonyl (C=O) groups is 2. The first-order chi connectivity index (χ1) is 42.7. The second-order valence-corrected chi connectivity index (χ2v) is 18.4. The van der Waals surface area contributed by atoms with Gasteiger partial charge in [-0.25, -0.2) is 0 Å². The maximum absolute atomic E-state index is 10.5. The van der Waals surface area contributed by atoms with Crippen LogP contribution in [0.5, 0.6) is 11.5 Å². The van der Waals surface area contributed by atoms with Crippen LogP contribution in [0.25, 0.3) is 0 Å². The molecule has 0 aliphatic rings. The lowest BCUT2D eigenvalue weighted by Crippen LogP contribution is -2.35. The first kappa shape index (κ1) is 80.7. The second kappa shape index (κ2) is 63.3. The van der Waals surface area contributed by atoms with Crippen LogP contribution in [-0.4, -0.2) is 281 Å². The molecule has 0 heterocycles. The van der Waals surface area contributed by atoms with E-state index in [1.165, 1.54) is 0 Å². The summed E-state index contributed by atoms with van der Waals surface area (Å²) in [4.78, 5) is 21.0. The molecule has 0 aliphatic heterocycles. The van der Waals surface area contributed by atoms with E-state index in [-0.39, 0.29) is 31.2 Å². The SMILES string of the molecule is C=CC(=O)NCNC(=O)C=C.Cc1cccc(C)c1OCC(COc1c(C)cccc1C)OCCOCCOCCOCCOCCOCCOCCOCCOCCOCCOCCOCCOCCOCCOCCOCCOCCOCCO. The van der Waals surface area contributed by atoms with Crippen molar-refractivity contribution in [1.29, 1.82) is 0 Å². The molecule has 0 saturated carbocycles. The summed E-state index contributed by atoms with van der Waals surface area (Å²) in [6.07, 6.45) is 1.97. The maximum atomic E-state index is 10.5. The van der Waals surface area contributed by atoms with Gasteiger partial charge in [0.05, 0.1) is 245 Å². The summed E-state index contributed by atoms with van der Waals surface area (Å²) in [6.45, 7) is 32.2. The molecule has 2 aromatic rings. The molecule has 0 aromatic heterocycles. The zero-order chi connectivity index (χ0) is 63.0. The number of aliphatic hydroxyl groups is 1. The number of aliphatic hydroxyl groups excluding tert-OH is 1. The lowest BCUT2D eigenvalue weighted by molar-refractivity contribution is -0.118. The number of amides is 2. The summed E-state index contributed by atoms with van der Waals surface area (Å²) in [5, 5.41) is 13.3. The fourth-order valence-corrected chi connectivity index (χ4v) is 6.87. The molecule has 0 unspecified atom stereocenters. The van der Waals surface area contributed by atoms with Gasteiger partial charge in [0, 0.05) is 0 Å². The number of hydrogen-bond donors (Lipinski definition) is 3. The van der Waals surface area contributed by atoms with E-state index in [4.69, 9.17) is 99.8 Å². The van der Waals surface area contributed by atoms with Gasteiger partial charge in [-0.3, -0.25) is 9.59 Å². The molecule has 3 N–H and O–H groups in total. The van der Waals surface area contributed by atoms with E-state index in [2.05, 4.69) is 23.8 Å². The van der Waals surface area contributed by atoms with Crippen LogP contribution in [0, 0.1) is 27.7 Å². The molecule has 0 spiro atoms. The van der Waals surface area contributed by atoms with Crippen molar-refractivity contribution in [3.05, 3.63) is 84.0 Å². The summed E-state index contributed by atoms with van der Waals surface area (Å²) in [5.41, 5.74) is 4.35. The fraction of sp³-hybridized carbons (Fsp3) is 0.710. The van der Waals surface area contributed by atoms with Crippen LogP contribution < -0.4 is 20.1 Å². The number of carbonyl (C=O) groups excluding carboxylic acids is 2. The Labute approximate surface area is 517 Å². The molecule has 2 aromatic carbocycles. The van der Waals surface area contributed by atoms with Crippen molar-refractivity contribution in [1.82, 2.24) is 10.6 Å². The van der Waals surface area contributed by atoms with Crippen LogP contribution in [0.2, 0.25) is 0 Å². The highest BCUT2D eigenvalue weighted by Gasteiger charge is 2.16. The van der Waals surface area contributed by atoms with Crippen molar-refractivity contribution in [3.63, 3.8) is 0 Å². The molecule has 25 nitrogen and oxygen atoms in total. The van der Waals surface area contributed by atoms with Crippen LogP contribution in [0.15, 0.2) is 61.7 Å². The van der Waals surface area contributed by atoms with Crippen molar-refractivity contribution in [3.8, 4) is 11.5 Å². The van der Waals surface area contributed by atoms with E-state index in [1.807, 2.05) is 64.1 Å². The zero-order valence-electron chi connectivity index (χ0n) is 52.6. The highest BCUT2D eigenvalue weighted by atomic mass is 16.6. The number of ether oxygens (including phenoxy) is 20. The number of aryl methyl sites for hydroxylation is 4. The molecule has 0 radical (unpaired) electrons. The minimum absolute atomic E-state index is 0.0186. The summed E-state index contributed by atoms with van der Waals surface area (Å²) in [6, 6.07) is 12.2. The molecule has 0 bridgehead atoms. The Balaban J connectivity index is 0.00000310. The van der Waals surface area contributed by atoms with Crippen molar-refractivity contribution in [2.75, 3.05) is 258 Å². The average molecular weight is 1250 g/mol. The molecule has 2 rings (SSSR count). The van der Waals surface area contributed by atoms with Gasteiger partial charge in [0.2, 0.25) is 11.8 Å². The third-order valence-corrected chi connectivity index (χ3v) is 11.3. The van der Waals surface area contributed by atoms with E-state index in [0.29, 0.717) is 244 Å². The lowest BCUT2D eigenvalue weighted by atomic mass is 10.1. The largest absolute Gasteiger partial charge is 0.490 e.